The third kappa shape index (κ3) is 3.96. The first kappa shape index (κ1) is 20.1. The third-order valence-electron chi connectivity index (χ3n) is 5.03. The summed E-state index contributed by atoms with van der Waals surface area (Å²) in [5.74, 6) is -0.131. The topological polar surface area (TPSA) is 70.4 Å². The molecule has 0 radical (unpaired) electrons. The van der Waals surface area contributed by atoms with Crippen molar-refractivity contribution in [3.8, 4) is 11.8 Å². The highest BCUT2D eigenvalue weighted by molar-refractivity contribution is 6.43. The van der Waals surface area contributed by atoms with Crippen LogP contribution >= 0.6 is 0 Å². The number of carbonyl (C=O) groups excluding carboxylic acids is 2. The Labute approximate surface area is 180 Å². The predicted octanol–water partition coefficient (Wildman–Crippen LogP) is 5.01. The first-order chi connectivity index (χ1) is 15.0. The largest absolute Gasteiger partial charge is 0.476 e. The molecule has 2 amide bonds. The summed E-state index contributed by atoms with van der Waals surface area (Å²) in [4.78, 5) is 27.8. The minimum Gasteiger partial charge on any atom is -0.476 e. The zero-order chi connectivity index (χ0) is 22.0. The Morgan fingerprint density at radius 2 is 1.65 bits per heavy atom. The van der Waals surface area contributed by atoms with Crippen molar-refractivity contribution in [3.63, 3.8) is 0 Å². The van der Waals surface area contributed by atoms with E-state index in [0.717, 1.165) is 11.1 Å². The maximum atomic E-state index is 13.4. The Morgan fingerprint density at radius 1 is 0.935 bits per heavy atom. The predicted molar refractivity (Wildman–Crippen MR) is 119 cm³/mol. The standard InChI is InChI=1S/C26H20N2O3/c1-17-6-5-7-20(14-17)28-25(29)23-9-4-3-8-22(23)24(26(28)30)15-19-10-12-21(13-11-19)31-18(2)16-27/h3-15,18H,1-2H3/b24-15-. The summed E-state index contributed by atoms with van der Waals surface area (Å²) in [6.45, 7) is 3.59. The van der Waals surface area contributed by atoms with E-state index in [1.54, 1.807) is 49.4 Å². The van der Waals surface area contributed by atoms with Crippen LogP contribution in [0.5, 0.6) is 5.75 Å². The number of ether oxygens (including phenoxy) is 1. The first-order valence-electron chi connectivity index (χ1n) is 9.91. The van der Waals surface area contributed by atoms with Gasteiger partial charge in [-0.3, -0.25) is 9.59 Å². The third-order valence-corrected chi connectivity index (χ3v) is 5.03. The summed E-state index contributed by atoms with van der Waals surface area (Å²) >= 11 is 0. The SMILES string of the molecule is Cc1cccc(N2C(=O)/C(=C\c3ccc(OC(C)C#N)cc3)c3ccccc3C2=O)c1. The number of nitrogens with zero attached hydrogens (tertiary/aromatic N) is 2. The van der Waals surface area contributed by atoms with E-state index >= 15 is 0 Å². The fourth-order valence-electron chi connectivity index (χ4n) is 3.53. The molecule has 1 unspecified atom stereocenters. The Bertz CT molecular complexity index is 1240. The minimum absolute atomic E-state index is 0.336. The number of hydrogen-bond donors (Lipinski definition) is 0. The molecular weight excluding hydrogens is 388 g/mol. The normalized spacial score (nSPS) is 15.4. The number of rotatable bonds is 4. The van der Waals surface area contributed by atoms with E-state index in [1.165, 1.54) is 4.90 Å². The highest BCUT2D eigenvalue weighted by Crippen LogP contribution is 2.33. The molecule has 1 aliphatic rings. The van der Waals surface area contributed by atoms with E-state index in [0.29, 0.717) is 28.1 Å². The van der Waals surface area contributed by atoms with Gasteiger partial charge in [0.05, 0.1) is 5.69 Å². The van der Waals surface area contributed by atoms with Crippen LogP contribution < -0.4 is 9.64 Å². The van der Waals surface area contributed by atoms with E-state index in [2.05, 4.69) is 0 Å². The number of carbonyl (C=O) groups is 2. The van der Waals surface area contributed by atoms with E-state index in [-0.39, 0.29) is 11.8 Å². The molecule has 0 aliphatic carbocycles. The van der Waals surface area contributed by atoms with Crippen molar-refractivity contribution in [2.45, 2.75) is 20.0 Å². The molecule has 1 atom stereocenters. The average Bonchev–Trinajstić information content (AvgIpc) is 2.78. The van der Waals surface area contributed by atoms with E-state index in [1.807, 2.05) is 49.4 Å². The number of hydrogen-bond acceptors (Lipinski definition) is 4. The van der Waals surface area contributed by atoms with Crippen LogP contribution in [0.1, 0.15) is 34.0 Å². The molecule has 0 N–H and O–H groups in total. The highest BCUT2D eigenvalue weighted by Gasteiger charge is 2.35. The molecule has 152 valence electrons. The monoisotopic (exact) mass is 408 g/mol. The number of imide groups is 1. The van der Waals surface area contributed by atoms with Gasteiger partial charge < -0.3 is 4.74 Å². The van der Waals surface area contributed by atoms with Crippen molar-refractivity contribution >= 4 is 29.2 Å². The van der Waals surface area contributed by atoms with Crippen LogP contribution in [0.15, 0.2) is 72.8 Å². The molecule has 3 aromatic rings. The molecule has 5 nitrogen and oxygen atoms in total. The molecule has 0 fully saturated rings. The second kappa shape index (κ2) is 8.29. The van der Waals surface area contributed by atoms with Gasteiger partial charge in [-0.2, -0.15) is 5.26 Å². The number of anilines is 1. The summed E-state index contributed by atoms with van der Waals surface area (Å²) in [7, 11) is 0. The summed E-state index contributed by atoms with van der Waals surface area (Å²) in [5, 5.41) is 8.89. The van der Waals surface area contributed by atoms with Crippen LogP contribution in [0.2, 0.25) is 0 Å². The van der Waals surface area contributed by atoms with Crippen LogP contribution in [0.3, 0.4) is 0 Å². The van der Waals surface area contributed by atoms with Gasteiger partial charge in [0, 0.05) is 11.1 Å². The molecule has 5 heteroatoms. The van der Waals surface area contributed by atoms with Gasteiger partial charge in [0.25, 0.3) is 11.8 Å². The van der Waals surface area contributed by atoms with Gasteiger partial charge >= 0.3 is 0 Å². The number of aryl methyl sites for hydroxylation is 1. The molecule has 0 spiro atoms. The lowest BCUT2D eigenvalue weighted by Gasteiger charge is -2.29. The molecule has 3 aromatic carbocycles. The van der Waals surface area contributed by atoms with Crippen molar-refractivity contribution in [1.82, 2.24) is 0 Å². The second-order valence-corrected chi connectivity index (χ2v) is 7.35. The van der Waals surface area contributed by atoms with Crippen LogP contribution in [-0.4, -0.2) is 17.9 Å². The highest BCUT2D eigenvalue weighted by atomic mass is 16.5. The zero-order valence-electron chi connectivity index (χ0n) is 17.2. The maximum Gasteiger partial charge on any atom is 0.265 e. The Hall–Kier alpha value is -4.17. The summed E-state index contributed by atoms with van der Waals surface area (Å²) in [5.41, 5.74) is 3.83. The summed E-state index contributed by atoms with van der Waals surface area (Å²) in [6, 6.07) is 23.6. The smallest absolute Gasteiger partial charge is 0.265 e. The quantitative estimate of drug-likeness (QED) is 0.449. The van der Waals surface area contributed by atoms with Gasteiger partial charge in [0.2, 0.25) is 0 Å². The molecule has 0 bridgehead atoms. The van der Waals surface area contributed by atoms with Crippen LogP contribution in [0.25, 0.3) is 11.6 Å². The Kier molecular flexibility index (Phi) is 5.38. The van der Waals surface area contributed by atoms with Gasteiger partial charge in [-0.25, -0.2) is 4.90 Å². The molecule has 1 heterocycles. The molecule has 0 saturated carbocycles. The second-order valence-electron chi connectivity index (χ2n) is 7.35. The summed E-state index contributed by atoms with van der Waals surface area (Å²) < 4.78 is 5.48. The van der Waals surface area contributed by atoms with Crippen molar-refractivity contribution in [3.05, 3.63) is 95.1 Å². The van der Waals surface area contributed by atoms with Gasteiger partial charge in [0.15, 0.2) is 6.10 Å². The number of fused-ring (bicyclic) bond motifs is 1. The average molecular weight is 408 g/mol. The number of amides is 2. The molecule has 1 aliphatic heterocycles. The number of benzene rings is 3. The van der Waals surface area contributed by atoms with Crippen molar-refractivity contribution in [2.24, 2.45) is 0 Å². The van der Waals surface area contributed by atoms with Crippen LogP contribution in [0, 0.1) is 18.3 Å². The Balaban J connectivity index is 1.77. The van der Waals surface area contributed by atoms with E-state index in [4.69, 9.17) is 10.00 Å². The lowest BCUT2D eigenvalue weighted by Crippen LogP contribution is -2.41. The molecule has 31 heavy (non-hydrogen) atoms. The first-order valence-corrected chi connectivity index (χ1v) is 9.91. The van der Waals surface area contributed by atoms with Gasteiger partial charge in [-0.1, -0.05) is 42.5 Å². The lowest BCUT2D eigenvalue weighted by molar-refractivity contribution is -0.112. The molecule has 0 saturated heterocycles. The van der Waals surface area contributed by atoms with Crippen LogP contribution in [0.4, 0.5) is 5.69 Å². The fraction of sp³-hybridized carbons (Fsp3) is 0.115. The molecular formula is C26H20N2O3. The maximum absolute atomic E-state index is 13.4. The van der Waals surface area contributed by atoms with Gasteiger partial charge in [-0.15, -0.1) is 0 Å². The zero-order valence-corrected chi connectivity index (χ0v) is 17.2. The van der Waals surface area contributed by atoms with Crippen molar-refractivity contribution in [2.75, 3.05) is 4.90 Å². The lowest BCUT2D eigenvalue weighted by atomic mass is 9.91. The van der Waals surface area contributed by atoms with Gasteiger partial charge in [-0.05, 0) is 66.9 Å². The Morgan fingerprint density at radius 3 is 2.32 bits per heavy atom. The summed E-state index contributed by atoms with van der Waals surface area (Å²) in [6.07, 6.45) is 1.22. The molecule has 4 rings (SSSR count). The van der Waals surface area contributed by atoms with Crippen LogP contribution in [-0.2, 0) is 4.79 Å². The molecule has 0 aromatic heterocycles. The van der Waals surface area contributed by atoms with E-state index in [9.17, 15) is 9.59 Å². The van der Waals surface area contributed by atoms with Crippen molar-refractivity contribution < 1.29 is 14.3 Å². The van der Waals surface area contributed by atoms with Gasteiger partial charge in [0.1, 0.15) is 11.8 Å². The van der Waals surface area contributed by atoms with Crippen molar-refractivity contribution in [1.29, 1.82) is 5.26 Å². The number of nitriles is 1. The van der Waals surface area contributed by atoms with E-state index < -0.39 is 6.10 Å². The fourth-order valence-corrected chi connectivity index (χ4v) is 3.53. The minimum atomic E-state index is -0.551.